The number of hydrogen-bond acceptors (Lipinski definition) is 4. The molecule has 0 aromatic carbocycles. The average Bonchev–Trinajstić information content (AvgIpc) is 2.29. The van der Waals surface area contributed by atoms with Crippen LogP contribution in [0.1, 0.15) is 41.5 Å². The Bertz CT molecular complexity index is 440. The SMILES string of the molecule is C#CCN(C(=O)OC(C)(C)C)N(CC#C)C(=O)OC(C)(C)C. The van der Waals surface area contributed by atoms with E-state index in [9.17, 15) is 9.59 Å². The van der Waals surface area contributed by atoms with Crippen molar-refractivity contribution in [2.45, 2.75) is 52.7 Å². The zero-order chi connectivity index (χ0) is 17.6. The van der Waals surface area contributed by atoms with Crippen LogP contribution in [0.2, 0.25) is 0 Å². The van der Waals surface area contributed by atoms with Gasteiger partial charge in [0.15, 0.2) is 0 Å². The van der Waals surface area contributed by atoms with E-state index < -0.39 is 23.4 Å². The Balaban J connectivity index is 5.36. The molecule has 0 rings (SSSR count). The molecule has 0 bridgehead atoms. The van der Waals surface area contributed by atoms with Gasteiger partial charge in [0.2, 0.25) is 0 Å². The Morgan fingerprint density at radius 2 is 1.09 bits per heavy atom. The van der Waals surface area contributed by atoms with Crippen molar-refractivity contribution in [2.24, 2.45) is 0 Å². The Morgan fingerprint density at radius 1 is 0.818 bits per heavy atom. The fourth-order valence-electron chi connectivity index (χ4n) is 1.30. The van der Waals surface area contributed by atoms with Gasteiger partial charge in [-0.2, -0.15) is 0 Å². The van der Waals surface area contributed by atoms with Crippen LogP contribution in [0.5, 0.6) is 0 Å². The number of nitrogens with zero attached hydrogens (tertiary/aromatic N) is 2. The highest BCUT2D eigenvalue weighted by molar-refractivity contribution is 5.75. The van der Waals surface area contributed by atoms with Gasteiger partial charge >= 0.3 is 12.2 Å². The van der Waals surface area contributed by atoms with E-state index in [4.69, 9.17) is 22.3 Å². The van der Waals surface area contributed by atoms with E-state index >= 15 is 0 Å². The van der Waals surface area contributed by atoms with Crippen molar-refractivity contribution in [3.63, 3.8) is 0 Å². The average molecular weight is 308 g/mol. The number of rotatable bonds is 2. The molecular weight excluding hydrogens is 284 g/mol. The van der Waals surface area contributed by atoms with Crippen LogP contribution in [0.15, 0.2) is 0 Å². The number of terminal acetylenes is 2. The van der Waals surface area contributed by atoms with E-state index in [1.807, 2.05) is 0 Å². The molecule has 0 aromatic heterocycles. The van der Waals surface area contributed by atoms with Crippen LogP contribution in [0.4, 0.5) is 9.59 Å². The Hall–Kier alpha value is -2.34. The number of ether oxygens (including phenoxy) is 2. The van der Waals surface area contributed by atoms with E-state index in [1.54, 1.807) is 41.5 Å². The molecule has 2 amide bonds. The fraction of sp³-hybridized carbons (Fsp3) is 0.625. The second-order valence-electron chi connectivity index (χ2n) is 6.48. The number of hydrogen-bond donors (Lipinski definition) is 0. The van der Waals surface area contributed by atoms with Crippen molar-refractivity contribution in [1.82, 2.24) is 10.0 Å². The van der Waals surface area contributed by atoms with Gasteiger partial charge in [-0.3, -0.25) is 0 Å². The molecule has 122 valence electrons. The number of carbonyl (C=O) groups excluding carboxylic acids is 2. The summed E-state index contributed by atoms with van der Waals surface area (Å²) in [7, 11) is 0. The summed E-state index contributed by atoms with van der Waals surface area (Å²) in [5, 5.41) is 1.92. The number of amides is 2. The lowest BCUT2D eigenvalue weighted by Crippen LogP contribution is -2.52. The molecule has 0 aliphatic heterocycles. The zero-order valence-corrected chi connectivity index (χ0v) is 14.1. The molecule has 0 saturated heterocycles. The number of hydrazine groups is 1. The normalized spacial score (nSPS) is 10.9. The highest BCUT2D eigenvalue weighted by Gasteiger charge is 2.32. The van der Waals surface area contributed by atoms with Gasteiger partial charge in [0.05, 0.1) is 0 Å². The summed E-state index contributed by atoms with van der Waals surface area (Å²) < 4.78 is 10.5. The second kappa shape index (κ2) is 7.61. The minimum atomic E-state index is -0.772. The predicted octanol–water partition coefficient (Wildman–Crippen LogP) is 2.64. The first-order valence-corrected chi connectivity index (χ1v) is 6.79. The Morgan fingerprint density at radius 3 is 1.27 bits per heavy atom. The molecule has 0 N–H and O–H groups in total. The van der Waals surface area contributed by atoms with Crippen molar-refractivity contribution in [3.05, 3.63) is 0 Å². The molecule has 0 fully saturated rings. The lowest BCUT2D eigenvalue weighted by molar-refractivity contribution is -0.0527. The first-order valence-electron chi connectivity index (χ1n) is 6.79. The highest BCUT2D eigenvalue weighted by Crippen LogP contribution is 2.15. The lowest BCUT2D eigenvalue weighted by Gasteiger charge is -2.34. The van der Waals surface area contributed by atoms with Crippen molar-refractivity contribution >= 4 is 12.2 Å². The minimum Gasteiger partial charge on any atom is -0.442 e. The minimum absolute atomic E-state index is 0.171. The molecule has 0 aliphatic carbocycles. The summed E-state index contributed by atoms with van der Waals surface area (Å²) in [6, 6.07) is 0. The lowest BCUT2D eigenvalue weighted by atomic mass is 10.2. The standard InChI is InChI=1S/C16H24N2O4/c1-9-11-17(13(19)21-15(3,4)5)18(12-10-2)14(20)22-16(6,7)8/h1-2H,11-12H2,3-8H3. The van der Waals surface area contributed by atoms with Crippen molar-refractivity contribution in [3.8, 4) is 24.7 Å². The maximum absolute atomic E-state index is 12.2. The predicted molar refractivity (Wildman–Crippen MR) is 83.5 cm³/mol. The maximum Gasteiger partial charge on any atom is 0.430 e. The molecule has 0 aromatic rings. The molecule has 6 nitrogen and oxygen atoms in total. The molecule has 0 radical (unpaired) electrons. The molecule has 22 heavy (non-hydrogen) atoms. The summed E-state index contributed by atoms with van der Waals surface area (Å²) in [5.41, 5.74) is -1.47. The van der Waals surface area contributed by atoms with E-state index in [0.29, 0.717) is 0 Å². The second-order valence-corrected chi connectivity index (χ2v) is 6.48. The van der Waals surface area contributed by atoms with Gasteiger partial charge in [-0.05, 0) is 41.5 Å². The topological polar surface area (TPSA) is 59.1 Å². The van der Waals surface area contributed by atoms with Gasteiger partial charge in [0.25, 0.3) is 0 Å². The summed E-state index contributed by atoms with van der Waals surface area (Å²) in [6.07, 6.45) is 8.98. The quantitative estimate of drug-likeness (QED) is 0.581. The zero-order valence-electron chi connectivity index (χ0n) is 14.1. The molecule has 0 atom stereocenters. The summed E-state index contributed by atoms with van der Waals surface area (Å²) in [4.78, 5) is 24.5. The van der Waals surface area contributed by atoms with Crippen LogP contribution in [0, 0.1) is 24.7 Å². The summed E-state index contributed by atoms with van der Waals surface area (Å²) in [5.74, 6) is 4.60. The third kappa shape index (κ3) is 7.44. The van der Waals surface area contributed by atoms with Crippen LogP contribution >= 0.6 is 0 Å². The molecule has 0 aliphatic rings. The maximum atomic E-state index is 12.2. The van der Waals surface area contributed by atoms with Crippen LogP contribution in [-0.4, -0.2) is 46.5 Å². The van der Waals surface area contributed by atoms with Crippen LogP contribution in [0.3, 0.4) is 0 Å². The first-order chi connectivity index (χ1) is 9.91. The molecule has 0 saturated carbocycles. The third-order valence-electron chi connectivity index (χ3n) is 1.98. The molecule has 0 heterocycles. The molecule has 6 heteroatoms. The van der Waals surface area contributed by atoms with Crippen molar-refractivity contribution in [2.75, 3.05) is 13.1 Å². The fourth-order valence-corrected chi connectivity index (χ4v) is 1.30. The van der Waals surface area contributed by atoms with Gasteiger partial charge in [0.1, 0.15) is 24.3 Å². The van der Waals surface area contributed by atoms with E-state index in [2.05, 4.69) is 11.8 Å². The van der Waals surface area contributed by atoms with Crippen LogP contribution in [0.25, 0.3) is 0 Å². The largest absolute Gasteiger partial charge is 0.442 e. The molecular formula is C16H24N2O4. The van der Waals surface area contributed by atoms with Gasteiger partial charge in [-0.1, -0.05) is 11.8 Å². The van der Waals surface area contributed by atoms with Crippen molar-refractivity contribution < 1.29 is 19.1 Å². The van der Waals surface area contributed by atoms with Gasteiger partial charge in [-0.15, -0.1) is 12.8 Å². The summed E-state index contributed by atoms with van der Waals surface area (Å²) >= 11 is 0. The van der Waals surface area contributed by atoms with Gasteiger partial charge in [0, 0.05) is 0 Å². The third-order valence-corrected chi connectivity index (χ3v) is 1.98. The van der Waals surface area contributed by atoms with E-state index in [-0.39, 0.29) is 13.1 Å². The Kier molecular flexibility index (Phi) is 6.80. The van der Waals surface area contributed by atoms with Gasteiger partial charge < -0.3 is 9.47 Å². The summed E-state index contributed by atoms with van der Waals surface area (Å²) in [6.45, 7) is 9.90. The van der Waals surface area contributed by atoms with Crippen LogP contribution in [-0.2, 0) is 9.47 Å². The highest BCUT2D eigenvalue weighted by atomic mass is 16.6. The Labute approximate surface area is 132 Å². The van der Waals surface area contributed by atoms with E-state index in [1.165, 1.54) is 0 Å². The number of carbonyl (C=O) groups is 2. The molecule has 0 spiro atoms. The van der Waals surface area contributed by atoms with E-state index in [0.717, 1.165) is 10.0 Å². The van der Waals surface area contributed by atoms with Crippen molar-refractivity contribution in [1.29, 1.82) is 0 Å². The smallest absolute Gasteiger partial charge is 0.430 e. The first kappa shape index (κ1) is 19.7. The van der Waals surface area contributed by atoms with Crippen LogP contribution < -0.4 is 0 Å². The monoisotopic (exact) mass is 308 g/mol. The van der Waals surface area contributed by atoms with Gasteiger partial charge in [-0.25, -0.2) is 19.6 Å². The molecule has 0 unspecified atom stereocenters.